The Kier molecular flexibility index (Phi) is 18.2. The highest BCUT2D eigenvalue weighted by atomic mass is 35.5. The lowest BCUT2D eigenvalue weighted by Crippen LogP contribution is -2.39. The van der Waals surface area contributed by atoms with Crippen LogP contribution in [0.2, 0.25) is 0 Å². The number of nitrogens with zero attached hydrogens (tertiary/aromatic N) is 1. The first-order chi connectivity index (χ1) is 10.3. The molecule has 0 atom stereocenters. The summed E-state index contributed by atoms with van der Waals surface area (Å²) in [6, 6.07) is -0.00744. The molecule has 0 bridgehead atoms. The molecule has 0 spiro atoms. The van der Waals surface area contributed by atoms with Crippen molar-refractivity contribution in [2.45, 2.75) is 61.4 Å². The van der Waals surface area contributed by atoms with Crippen LogP contribution >= 0.6 is 23.2 Å². The third-order valence-electron chi connectivity index (χ3n) is 2.43. The number of aliphatic hydroxyl groups is 1. The fraction of sp³-hybridized carbons (Fsp3) is 0.625. The monoisotopic (exact) mass is 353 g/mol. The Balaban J connectivity index is -0.000000826. The third kappa shape index (κ3) is 8.69. The first-order valence-electron chi connectivity index (χ1n) is 7.60. The molecule has 0 saturated carbocycles. The van der Waals surface area contributed by atoms with E-state index in [-0.39, 0.29) is 18.3 Å². The highest BCUT2D eigenvalue weighted by molar-refractivity contribution is 6.36. The van der Waals surface area contributed by atoms with Gasteiger partial charge in [0.15, 0.2) is 0 Å². The number of hydrazine groups is 1. The Bertz CT molecular complexity index is 385. The van der Waals surface area contributed by atoms with E-state index in [2.05, 4.69) is 0 Å². The molecular weight excluding hydrogens is 321 g/mol. The van der Waals surface area contributed by atoms with E-state index in [4.69, 9.17) is 34.8 Å². The van der Waals surface area contributed by atoms with Crippen LogP contribution in [0.25, 0.3) is 0 Å². The van der Waals surface area contributed by atoms with Crippen LogP contribution in [-0.2, 0) is 0 Å². The lowest BCUT2D eigenvalue weighted by Gasteiger charge is -2.27. The maximum Gasteiger partial charge on any atom is 0.0864 e. The zero-order valence-electron chi connectivity index (χ0n) is 15.2. The van der Waals surface area contributed by atoms with Crippen molar-refractivity contribution in [3.8, 4) is 0 Å². The minimum atomic E-state index is -0.290. The lowest BCUT2D eigenvalue weighted by molar-refractivity contribution is 0.222. The van der Waals surface area contributed by atoms with Gasteiger partial charge in [0.1, 0.15) is 0 Å². The standard InChI is InChI=1S/C12H21Cl2N3O.2C2H6/c1-5-9(14)11(8(4)13)12(15)10(6-18)17(16)7(2)3;2*1-2/h5,7,18H,6,15-16H2,1-4H3;2*1-2H3/b9-5+,11-8-,12-10-;;. The molecule has 0 unspecified atom stereocenters. The summed E-state index contributed by atoms with van der Waals surface area (Å²) in [6.07, 6.45) is 1.68. The first kappa shape index (κ1) is 26.2. The van der Waals surface area contributed by atoms with Crippen LogP contribution in [0.1, 0.15) is 55.4 Å². The molecular formula is C16H33Cl2N3O. The Morgan fingerprint density at radius 1 is 1.18 bits per heavy atom. The molecule has 0 aliphatic heterocycles. The van der Waals surface area contributed by atoms with E-state index >= 15 is 0 Å². The topological polar surface area (TPSA) is 75.5 Å². The van der Waals surface area contributed by atoms with Gasteiger partial charge >= 0.3 is 0 Å². The van der Waals surface area contributed by atoms with Crippen molar-refractivity contribution in [3.63, 3.8) is 0 Å². The van der Waals surface area contributed by atoms with Crippen LogP contribution in [-0.4, -0.2) is 22.8 Å². The molecule has 132 valence electrons. The predicted octanol–water partition coefficient (Wildman–Crippen LogP) is 4.44. The molecule has 0 aromatic heterocycles. The Morgan fingerprint density at radius 3 is 1.82 bits per heavy atom. The molecule has 5 N–H and O–H groups in total. The Morgan fingerprint density at radius 2 is 1.59 bits per heavy atom. The van der Waals surface area contributed by atoms with Gasteiger partial charge in [0, 0.05) is 21.7 Å². The molecule has 0 saturated heterocycles. The van der Waals surface area contributed by atoms with Crippen molar-refractivity contribution in [2.75, 3.05) is 6.61 Å². The number of halogens is 2. The SMILES string of the molecule is CC.CC.C\C=C(Cl)/C(C(/N)=C(\CO)N(N)C(C)C)=C(\C)Cl. The van der Waals surface area contributed by atoms with Crippen LogP contribution in [0.4, 0.5) is 0 Å². The summed E-state index contributed by atoms with van der Waals surface area (Å²) in [6.45, 7) is 14.9. The van der Waals surface area contributed by atoms with Gasteiger partial charge in [0.25, 0.3) is 0 Å². The van der Waals surface area contributed by atoms with Crippen LogP contribution in [0.15, 0.2) is 33.1 Å². The number of hydrogen-bond acceptors (Lipinski definition) is 4. The fourth-order valence-corrected chi connectivity index (χ4v) is 1.88. The van der Waals surface area contributed by atoms with Crippen molar-refractivity contribution < 1.29 is 5.11 Å². The molecule has 4 nitrogen and oxygen atoms in total. The highest BCUT2D eigenvalue weighted by Gasteiger charge is 2.18. The smallest absolute Gasteiger partial charge is 0.0864 e. The van der Waals surface area contributed by atoms with Crippen LogP contribution in [0.5, 0.6) is 0 Å². The average molecular weight is 354 g/mol. The summed E-state index contributed by atoms with van der Waals surface area (Å²) in [7, 11) is 0. The quantitative estimate of drug-likeness (QED) is 0.388. The summed E-state index contributed by atoms with van der Waals surface area (Å²) in [5.41, 5.74) is 7.18. The molecule has 22 heavy (non-hydrogen) atoms. The van der Waals surface area contributed by atoms with Crippen LogP contribution in [0.3, 0.4) is 0 Å². The van der Waals surface area contributed by atoms with Crippen molar-refractivity contribution in [3.05, 3.63) is 33.1 Å². The second-order valence-corrected chi connectivity index (χ2v) is 5.04. The minimum Gasteiger partial charge on any atom is -0.397 e. The second kappa shape index (κ2) is 15.2. The number of hydrogen-bond donors (Lipinski definition) is 3. The fourth-order valence-electron chi connectivity index (χ4n) is 1.38. The number of allylic oxidation sites excluding steroid dienone is 3. The Labute approximate surface area is 146 Å². The van der Waals surface area contributed by atoms with Gasteiger partial charge in [-0.05, 0) is 27.7 Å². The molecule has 0 amide bonds. The highest BCUT2D eigenvalue weighted by Crippen LogP contribution is 2.28. The maximum atomic E-state index is 9.41. The Hall–Kier alpha value is -0.680. The summed E-state index contributed by atoms with van der Waals surface area (Å²) >= 11 is 12.1. The van der Waals surface area contributed by atoms with Crippen molar-refractivity contribution in [1.29, 1.82) is 0 Å². The molecule has 0 rings (SSSR count). The molecule has 0 aromatic rings. The van der Waals surface area contributed by atoms with Gasteiger partial charge in [-0.25, -0.2) is 5.84 Å². The molecule has 0 aliphatic carbocycles. The lowest BCUT2D eigenvalue weighted by atomic mass is 10.1. The van der Waals surface area contributed by atoms with E-state index < -0.39 is 0 Å². The summed E-state index contributed by atoms with van der Waals surface area (Å²) in [5, 5.41) is 11.7. The molecule has 0 fully saturated rings. The van der Waals surface area contributed by atoms with Gasteiger partial charge in [0.05, 0.1) is 18.0 Å². The van der Waals surface area contributed by atoms with Gasteiger partial charge in [-0.1, -0.05) is 57.0 Å². The van der Waals surface area contributed by atoms with Crippen molar-refractivity contribution in [1.82, 2.24) is 5.01 Å². The van der Waals surface area contributed by atoms with E-state index in [9.17, 15) is 5.11 Å². The van der Waals surface area contributed by atoms with E-state index in [0.29, 0.717) is 21.3 Å². The normalized spacial score (nSPS) is 13.2. The van der Waals surface area contributed by atoms with E-state index in [0.717, 1.165) is 0 Å². The van der Waals surface area contributed by atoms with Gasteiger partial charge in [-0.3, -0.25) is 0 Å². The summed E-state index contributed by atoms with van der Waals surface area (Å²) in [5.74, 6) is 5.86. The van der Waals surface area contributed by atoms with Crippen LogP contribution in [0, 0.1) is 0 Å². The number of aliphatic hydroxyl groups excluding tert-OH is 1. The molecule has 0 aromatic carbocycles. The van der Waals surface area contributed by atoms with Gasteiger partial charge in [0.2, 0.25) is 0 Å². The zero-order valence-corrected chi connectivity index (χ0v) is 16.7. The largest absolute Gasteiger partial charge is 0.397 e. The number of rotatable bonds is 5. The number of nitrogens with two attached hydrogens (primary N) is 2. The van der Waals surface area contributed by atoms with E-state index in [1.54, 1.807) is 19.9 Å². The van der Waals surface area contributed by atoms with Crippen molar-refractivity contribution >= 4 is 23.2 Å². The predicted molar refractivity (Wildman–Crippen MR) is 100 cm³/mol. The van der Waals surface area contributed by atoms with E-state index in [1.807, 2.05) is 41.5 Å². The second-order valence-electron chi connectivity index (χ2n) is 4.06. The van der Waals surface area contributed by atoms with Gasteiger partial charge < -0.3 is 15.8 Å². The van der Waals surface area contributed by atoms with Crippen LogP contribution < -0.4 is 11.6 Å². The first-order valence-corrected chi connectivity index (χ1v) is 8.35. The van der Waals surface area contributed by atoms with Gasteiger partial charge in [-0.2, -0.15) is 0 Å². The van der Waals surface area contributed by atoms with Gasteiger partial charge in [-0.15, -0.1) is 0 Å². The van der Waals surface area contributed by atoms with E-state index in [1.165, 1.54) is 5.01 Å². The molecule has 0 aliphatic rings. The molecule has 6 heteroatoms. The van der Waals surface area contributed by atoms with Crippen molar-refractivity contribution in [2.24, 2.45) is 11.6 Å². The molecule has 0 radical (unpaired) electrons. The summed E-state index contributed by atoms with van der Waals surface area (Å²) in [4.78, 5) is 0. The zero-order chi connectivity index (χ0) is 18.5. The third-order valence-corrected chi connectivity index (χ3v) is 3.03. The summed E-state index contributed by atoms with van der Waals surface area (Å²) < 4.78 is 0. The minimum absolute atomic E-state index is 0.00744. The maximum absolute atomic E-state index is 9.41. The molecule has 0 heterocycles. The average Bonchev–Trinajstić information content (AvgIpc) is 2.51.